The molecule has 3 N–H and O–H groups in total. The Bertz CT molecular complexity index is 592. The number of H-pyrrole nitrogens is 1. The van der Waals surface area contributed by atoms with Crippen LogP contribution in [0.2, 0.25) is 0 Å². The van der Waals surface area contributed by atoms with E-state index in [1.165, 1.54) is 0 Å². The number of ether oxygens (including phenoxy) is 2. The molecule has 0 unspecified atom stereocenters. The molecule has 0 aliphatic carbocycles. The third-order valence-corrected chi connectivity index (χ3v) is 1.98. The van der Waals surface area contributed by atoms with Crippen LogP contribution in [0.5, 0.6) is 6.01 Å². The predicted octanol–water partition coefficient (Wildman–Crippen LogP) is 1.17. The van der Waals surface area contributed by atoms with E-state index in [0.29, 0.717) is 17.0 Å². The lowest BCUT2D eigenvalue weighted by atomic mass is 10.5. The van der Waals surface area contributed by atoms with Crippen LogP contribution in [-0.2, 0) is 4.74 Å². The molecule has 0 radical (unpaired) electrons. The van der Waals surface area contributed by atoms with Crippen molar-refractivity contribution in [1.29, 1.82) is 0 Å². The number of carbonyl (C=O) groups excluding carboxylic acids is 1. The Morgan fingerprint density at radius 3 is 2.72 bits per heavy atom. The topological polar surface area (TPSA) is 116 Å². The van der Waals surface area contributed by atoms with Gasteiger partial charge in [0.1, 0.15) is 11.3 Å². The molecule has 8 nitrogen and oxygen atoms in total. The summed E-state index contributed by atoms with van der Waals surface area (Å²) in [6.45, 7) is 5.12. The number of rotatable bonds is 2. The molecule has 96 valence electrons. The second-order valence-electron chi connectivity index (χ2n) is 3.92. The maximum atomic E-state index is 11.3. The standard InChI is InChI=1S/C10H13N5O3/c1-4(2)17-10(16)18-9-14-6-7(11)12-5(3)13-8(6)15-9/h4H,1-3H3,(H3,11,12,13,14,15). The number of aryl methyl sites for hydroxylation is 1. The van der Waals surface area contributed by atoms with Crippen molar-refractivity contribution in [2.24, 2.45) is 0 Å². The molecule has 18 heavy (non-hydrogen) atoms. The summed E-state index contributed by atoms with van der Waals surface area (Å²) in [5.74, 6) is 0.736. The molecule has 0 atom stereocenters. The molecule has 0 amide bonds. The fourth-order valence-corrected chi connectivity index (χ4v) is 1.35. The number of aromatic nitrogens is 4. The van der Waals surface area contributed by atoms with Crippen molar-refractivity contribution in [3.05, 3.63) is 5.82 Å². The lowest BCUT2D eigenvalue weighted by Crippen LogP contribution is -2.16. The zero-order valence-electron chi connectivity index (χ0n) is 10.2. The highest BCUT2D eigenvalue weighted by atomic mass is 16.7. The molecule has 0 aliphatic rings. The molecule has 0 bridgehead atoms. The van der Waals surface area contributed by atoms with E-state index in [4.69, 9.17) is 15.2 Å². The van der Waals surface area contributed by atoms with Gasteiger partial charge in [-0.2, -0.15) is 4.98 Å². The van der Waals surface area contributed by atoms with Crippen molar-refractivity contribution in [1.82, 2.24) is 19.9 Å². The highest BCUT2D eigenvalue weighted by Gasteiger charge is 2.14. The molecule has 0 aromatic carbocycles. The van der Waals surface area contributed by atoms with E-state index in [0.717, 1.165) is 0 Å². The number of imidazole rings is 1. The number of carbonyl (C=O) groups is 1. The van der Waals surface area contributed by atoms with Gasteiger partial charge in [-0.15, -0.1) is 0 Å². The minimum atomic E-state index is -0.840. The fourth-order valence-electron chi connectivity index (χ4n) is 1.35. The van der Waals surface area contributed by atoms with Gasteiger partial charge in [-0.3, -0.25) is 0 Å². The Hall–Kier alpha value is -2.38. The minimum absolute atomic E-state index is 0.0257. The van der Waals surface area contributed by atoms with Gasteiger partial charge in [-0.05, 0) is 20.8 Å². The van der Waals surface area contributed by atoms with Crippen LogP contribution in [0.15, 0.2) is 0 Å². The number of nitrogens with zero attached hydrogens (tertiary/aromatic N) is 3. The van der Waals surface area contributed by atoms with Gasteiger partial charge in [0.2, 0.25) is 0 Å². The molecule has 2 aromatic rings. The molecular formula is C10H13N5O3. The van der Waals surface area contributed by atoms with Gasteiger partial charge in [-0.1, -0.05) is 0 Å². The predicted molar refractivity (Wildman–Crippen MR) is 63.1 cm³/mol. The lowest BCUT2D eigenvalue weighted by molar-refractivity contribution is 0.0705. The van der Waals surface area contributed by atoms with Crippen LogP contribution in [0, 0.1) is 6.92 Å². The first kappa shape index (κ1) is 12.1. The van der Waals surface area contributed by atoms with Crippen LogP contribution in [0.1, 0.15) is 19.7 Å². The van der Waals surface area contributed by atoms with E-state index in [1.807, 2.05) is 0 Å². The monoisotopic (exact) mass is 251 g/mol. The second kappa shape index (κ2) is 4.47. The first-order valence-electron chi connectivity index (χ1n) is 5.34. The molecule has 2 heterocycles. The van der Waals surface area contributed by atoms with Crippen LogP contribution in [0.3, 0.4) is 0 Å². The van der Waals surface area contributed by atoms with E-state index >= 15 is 0 Å². The minimum Gasteiger partial charge on any atom is -0.431 e. The first-order chi connectivity index (χ1) is 8.45. The van der Waals surface area contributed by atoms with Crippen molar-refractivity contribution < 1.29 is 14.3 Å². The van der Waals surface area contributed by atoms with E-state index in [-0.39, 0.29) is 17.9 Å². The number of nitrogens with two attached hydrogens (primary N) is 1. The molecule has 0 fully saturated rings. The van der Waals surface area contributed by atoms with Gasteiger partial charge in [0.15, 0.2) is 11.5 Å². The average Bonchev–Trinajstić information content (AvgIpc) is 2.58. The van der Waals surface area contributed by atoms with Crippen LogP contribution >= 0.6 is 0 Å². The molecule has 2 rings (SSSR count). The number of aromatic amines is 1. The third kappa shape index (κ3) is 2.47. The van der Waals surface area contributed by atoms with Crippen LogP contribution in [-0.4, -0.2) is 32.2 Å². The summed E-state index contributed by atoms with van der Waals surface area (Å²) >= 11 is 0. The van der Waals surface area contributed by atoms with Crippen LogP contribution < -0.4 is 10.5 Å². The van der Waals surface area contributed by atoms with Crippen molar-refractivity contribution in [3.8, 4) is 6.01 Å². The number of nitrogens with one attached hydrogen (secondary N) is 1. The van der Waals surface area contributed by atoms with E-state index in [1.54, 1.807) is 20.8 Å². The maximum Gasteiger partial charge on any atom is 0.516 e. The Morgan fingerprint density at radius 1 is 1.33 bits per heavy atom. The summed E-state index contributed by atoms with van der Waals surface area (Å²) in [5.41, 5.74) is 6.45. The highest BCUT2D eigenvalue weighted by Crippen LogP contribution is 2.18. The molecule has 8 heteroatoms. The maximum absolute atomic E-state index is 11.3. The van der Waals surface area contributed by atoms with Gasteiger partial charge >= 0.3 is 12.2 Å². The Balaban J connectivity index is 2.25. The SMILES string of the molecule is Cc1nc(N)c2[nH]c(OC(=O)OC(C)C)nc2n1. The van der Waals surface area contributed by atoms with Crippen molar-refractivity contribution in [3.63, 3.8) is 0 Å². The zero-order valence-corrected chi connectivity index (χ0v) is 10.2. The summed E-state index contributed by atoms with van der Waals surface area (Å²) < 4.78 is 9.67. The van der Waals surface area contributed by atoms with Gasteiger partial charge < -0.3 is 20.2 Å². The molecule has 0 saturated heterocycles. The number of nitrogen functional groups attached to an aromatic ring is 1. The largest absolute Gasteiger partial charge is 0.516 e. The van der Waals surface area contributed by atoms with E-state index in [9.17, 15) is 4.79 Å². The van der Waals surface area contributed by atoms with Crippen LogP contribution in [0.25, 0.3) is 11.2 Å². The Kier molecular flexibility index (Phi) is 3.00. The van der Waals surface area contributed by atoms with Gasteiger partial charge in [0, 0.05) is 0 Å². The van der Waals surface area contributed by atoms with Crippen molar-refractivity contribution in [2.75, 3.05) is 5.73 Å². The summed E-state index contributed by atoms with van der Waals surface area (Å²) in [7, 11) is 0. The van der Waals surface area contributed by atoms with Gasteiger partial charge in [0.25, 0.3) is 0 Å². The number of anilines is 1. The zero-order chi connectivity index (χ0) is 13.3. The lowest BCUT2D eigenvalue weighted by Gasteiger charge is -2.05. The Morgan fingerprint density at radius 2 is 2.06 bits per heavy atom. The summed E-state index contributed by atoms with van der Waals surface area (Å²) in [5, 5.41) is 0. The Labute approximate surface area is 103 Å². The summed E-state index contributed by atoms with van der Waals surface area (Å²) in [4.78, 5) is 26.0. The second-order valence-corrected chi connectivity index (χ2v) is 3.92. The van der Waals surface area contributed by atoms with E-state index in [2.05, 4.69) is 19.9 Å². The number of hydrogen-bond donors (Lipinski definition) is 2. The molecular weight excluding hydrogens is 238 g/mol. The highest BCUT2D eigenvalue weighted by molar-refractivity contribution is 5.82. The number of fused-ring (bicyclic) bond motifs is 1. The van der Waals surface area contributed by atoms with Crippen LogP contribution in [0.4, 0.5) is 10.6 Å². The van der Waals surface area contributed by atoms with E-state index < -0.39 is 6.16 Å². The summed E-state index contributed by atoms with van der Waals surface area (Å²) in [6, 6.07) is -0.0257. The molecule has 0 saturated carbocycles. The van der Waals surface area contributed by atoms with Crippen molar-refractivity contribution in [2.45, 2.75) is 26.9 Å². The third-order valence-electron chi connectivity index (χ3n) is 1.98. The normalized spacial score (nSPS) is 10.9. The van der Waals surface area contributed by atoms with Gasteiger partial charge in [-0.25, -0.2) is 14.8 Å². The fraction of sp³-hybridized carbons (Fsp3) is 0.400. The molecule has 0 spiro atoms. The summed E-state index contributed by atoms with van der Waals surface area (Å²) in [6.07, 6.45) is -1.11. The van der Waals surface area contributed by atoms with Crippen molar-refractivity contribution >= 4 is 23.1 Å². The average molecular weight is 251 g/mol. The van der Waals surface area contributed by atoms with Gasteiger partial charge in [0.05, 0.1) is 6.10 Å². The quantitative estimate of drug-likeness (QED) is 0.769. The first-order valence-corrected chi connectivity index (χ1v) is 5.34. The molecule has 2 aromatic heterocycles. The molecule has 0 aliphatic heterocycles. The smallest absolute Gasteiger partial charge is 0.431 e. The number of hydrogen-bond acceptors (Lipinski definition) is 7.